The molecule has 0 saturated heterocycles. The summed E-state index contributed by atoms with van der Waals surface area (Å²) < 4.78 is 0. The highest BCUT2D eigenvalue weighted by Crippen LogP contribution is 2.35. The smallest absolute Gasteiger partial charge is 0.257 e. The second-order valence-corrected chi connectivity index (χ2v) is 5.32. The highest BCUT2D eigenvalue weighted by Gasteiger charge is 2.41. The molecule has 0 fully saturated rings. The second kappa shape index (κ2) is 3.47. The van der Waals surface area contributed by atoms with Gasteiger partial charge in [0.25, 0.3) is 11.8 Å². The zero-order valence-electron chi connectivity index (χ0n) is 10.3. The monoisotopic (exact) mass is 209 g/mol. The molecule has 0 aromatic rings. The fraction of sp³-hybridized carbons (Fsp3) is 0.667. The van der Waals surface area contributed by atoms with Crippen molar-refractivity contribution in [3.05, 3.63) is 11.1 Å². The molecule has 1 heterocycles. The predicted octanol–water partition coefficient (Wildman–Crippen LogP) is 2.13. The summed E-state index contributed by atoms with van der Waals surface area (Å²) in [6, 6.07) is -0.0696. The molecule has 0 aliphatic carbocycles. The van der Waals surface area contributed by atoms with Crippen LogP contribution >= 0.6 is 0 Å². The molecule has 0 spiro atoms. The lowest BCUT2D eigenvalue weighted by Gasteiger charge is -2.23. The SMILES string of the molecule is CC1=C(C(C)(C)C)C(=O)N(C(C)C)C1=O. The quantitative estimate of drug-likeness (QED) is 0.620. The Bertz CT molecular complexity index is 345. The summed E-state index contributed by atoms with van der Waals surface area (Å²) in [6.07, 6.45) is 0. The fourth-order valence-corrected chi connectivity index (χ4v) is 2.01. The molecule has 3 nitrogen and oxygen atoms in total. The summed E-state index contributed by atoms with van der Waals surface area (Å²) >= 11 is 0. The van der Waals surface area contributed by atoms with E-state index in [9.17, 15) is 9.59 Å². The Labute approximate surface area is 91.1 Å². The standard InChI is InChI=1S/C12H19NO2/c1-7(2)13-10(14)8(3)9(11(13)15)12(4,5)6/h7H,1-6H3. The van der Waals surface area contributed by atoms with Crippen molar-refractivity contribution in [2.24, 2.45) is 5.41 Å². The Morgan fingerprint density at radius 1 is 1.07 bits per heavy atom. The Morgan fingerprint density at radius 3 is 1.73 bits per heavy atom. The van der Waals surface area contributed by atoms with Gasteiger partial charge in [-0.05, 0) is 26.2 Å². The van der Waals surface area contributed by atoms with Gasteiger partial charge in [-0.1, -0.05) is 20.8 Å². The van der Waals surface area contributed by atoms with Crippen LogP contribution in [0.5, 0.6) is 0 Å². The molecule has 3 heteroatoms. The van der Waals surface area contributed by atoms with Gasteiger partial charge in [-0.25, -0.2) is 0 Å². The molecule has 0 radical (unpaired) electrons. The molecule has 1 rings (SSSR count). The van der Waals surface area contributed by atoms with Gasteiger partial charge in [-0.15, -0.1) is 0 Å². The van der Waals surface area contributed by atoms with Crippen LogP contribution in [0.3, 0.4) is 0 Å². The number of carbonyl (C=O) groups excluding carboxylic acids is 2. The van der Waals surface area contributed by atoms with Crippen LogP contribution in [-0.4, -0.2) is 22.8 Å². The van der Waals surface area contributed by atoms with E-state index >= 15 is 0 Å². The summed E-state index contributed by atoms with van der Waals surface area (Å²) in [4.78, 5) is 25.3. The first-order valence-electron chi connectivity index (χ1n) is 5.27. The minimum Gasteiger partial charge on any atom is -0.272 e. The molecule has 1 aliphatic rings. The van der Waals surface area contributed by atoms with E-state index in [2.05, 4.69) is 0 Å². The van der Waals surface area contributed by atoms with Crippen LogP contribution in [-0.2, 0) is 9.59 Å². The van der Waals surface area contributed by atoms with Crippen LogP contribution in [0.2, 0.25) is 0 Å². The number of hydrogen-bond acceptors (Lipinski definition) is 2. The van der Waals surface area contributed by atoms with Crippen molar-refractivity contribution >= 4 is 11.8 Å². The van der Waals surface area contributed by atoms with E-state index in [1.54, 1.807) is 6.92 Å². The van der Waals surface area contributed by atoms with Gasteiger partial charge in [0.2, 0.25) is 0 Å². The van der Waals surface area contributed by atoms with Crippen LogP contribution in [0.4, 0.5) is 0 Å². The third kappa shape index (κ3) is 1.83. The predicted molar refractivity (Wildman–Crippen MR) is 59.1 cm³/mol. The summed E-state index contributed by atoms with van der Waals surface area (Å²) in [7, 11) is 0. The van der Waals surface area contributed by atoms with Crippen LogP contribution < -0.4 is 0 Å². The summed E-state index contributed by atoms with van der Waals surface area (Å²) in [6.45, 7) is 11.3. The molecule has 15 heavy (non-hydrogen) atoms. The minimum atomic E-state index is -0.263. The number of hydrogen-bond donors (Lipinski definition) is 0. The van der Waals surface area contributed by atoms with Crippen molar-refractivity contribution in [3.8, 4) is 0 Å². The Hall–Kier alpha value is -1.12. The van der Waals surface area contributed by atoms with E-state index in [-0.39, 0.29) is 23.3 Å². The minimum absolute atomic E-state index is 0.0696. The van der Waals surface area contributed by atoms with E-state index in [0.717, 1.165) is 0 Å². The van der Waals surface area contributed by atoms with Crippen molar-refractivity contribution in [2.45, 2.75) is 47.6 Å². The summed E-state index contributed by atoms with van der Waals surface area (Å²) in [5, 5.41) is 0. The lowest BCUT2D eigenvalue weighted by molar-refractivity contribution is -0.139. The van der Waals surface area contributed by atoms with Gasteiger partial charge in [0, 0.05) is 17.2 Å². The summed E-state index contributed by atoms with van der Waals surface area (Å²) in [5.41, 5.74) is 0.989. The van der Waals surface area contributed by atoms with Crippen molar-refractivity contribution in [1.29, 1.82) is 0 Å². The van der Waals surface area contributed by atoms with Crippen LogP contribution in [0, 0.1) is 5.41 Å². The van der Waals surface area contributed by atoms with Crippen molar-refractivity contribution in [3.63, 3.8) is 0 Å². The van der Waals surface area contributed by atoms with Crippen molar-refractivity contribution < 1.29 is 9.59 Å². The van der Waals surface area contributed by atoms with E-state index in [1.165, 1.54) is 4.90 Å². The molecule has 0 aromatic heterocycles. The Morgan fingerprint density at radius 2 is 1.53 bits per heavy atom. The third-order valence-corrected chi connectivity index (χ3v) is 2.61. The number of nitrogens with zero attached hydrogens (tertiary/aromatic N) is 1. The van der Waals surface area contributed by atoms with E-state index in [4.69, 9.17) is 0 Å². The first-order valence-corrected chi connectivity index (χ1v) is 5.27. The highest BCUT2D eigenvalue weighted by molar-refractivity contribution is 6.19. The lowest BCUT2D eigenvalue weighted by atomic mass is 9.84. The Balaban J connectivity index is 3.21. The van der Waals surface area contributed by atoms with Gasteiger partial charge in [0.05, 0.1) is 0 Å². The molecule has 1 aliphatic heterocycles. The second-order valence-electron chi connectivity index (χ2n) is 5.32. The topological polar surface area (TPSA) is 37.4 Å². The maximum atomic E-state index is 12.1. The zero-order chi connectivity index (χ0) is 12.0. The van der Waals surface area contributed by atoms with E-state index < -0.39 is 0 Å². The molecule has 0 unspecified atom stereocenters. The molecule has 0 N–H and O–H groups in total. The number of imide groups is 1. The van der Waals surface area contributed by atoms with Crippen LogP contribution in [0.1, 0.15) is 41.5 Å². The molecular formula is C12H19NO2. The highest BCUT2D eigenvalue weighted by atomic mass is 16.2. The lowest BCUT2D eigenvalue weighted by Crippen LogP contribution is -2.38. The maximum absolute atomic E-state index is 12.1. The average molecular weight is 209 g/mol. The third-order valence-electron chi connectivity index (χ3n) is 2.61. The van der Waals surface area contributed by atoms with Gasteiger partial charge in [-0.3, -0.25) is 14.5 Å². The van der Waals surface area contributed by atoms with Crippen molar-refractivity contribution in [2.75, 3.05) is 0 Å². The molecular weight excluding hydrogens is 190 g/mol. The van der Waals surface area contributed by atoms with E-state index in [0.29, 0.717) is 11.1 Å². The van der Waals surface area contributed by atoms with E-state index in [1.807, 2.05) is 34.6 Å². The molecule has 0 saturated carbocycles. The van der Waals surface area contributed by atoms with Gasteiger partial charge >= 0.3 is 0 Å². The number of carbonyl (C=O) groups is 2. The van der Waals surface area contributed by atoms with Gasteiger partial charge in [0.15, 0.2) is 0 Å². The van der Waals surface area contributed by atoms with Crippen LogP contribution in [0.25, 0.3) is 0 Å². The van der Waals surface area contributed by atoms with Gasteiger partial charge in [0.1, 0.15) is 0 Å². The molecule has 2 amide bonds. The Kier molecular flexibility index (Phi) is 2.77. The zero-order valence-corrected chi connectivity index (χ0v) is 10.3. The maximum Gasteiger partial charge on any atom is 0.257 e. The van der Waals surface area contributed by atoms with Crippen LogP contribution in [0.15, 0.2) is 11.1 Å². The molecule has 0 bridgehead atoms. The normalized spacial score (nSPS) is 18.5. The molecule has 0 aromatic carbocycles. The molecule has 0 atom stereocenters. The molecule has 84 valence electrons. The van der Waals surface area contributed by atoms with Gasteiger partial charge < -0.3 is 0 Å². The first-order chi connectivity index (χ1) is 6.68. The van der Waals surface area contributed by atoms with Crippen molar-refractivity contribution in [1.82, 2.24) is 4.90 Å². The summed E-state index contributed by atoms with van der Waals surface area (Å²) in [5.74, 6) is -0.264. The number of amides is 2. The fourth-order valence-electron chi connectivity index (χ4n) is 2.01. The largest absolute Gasteiger partial charge is 0.272 e. The average Bonchev–Trinajstić information content (AvgIpc) is 2.21. The number of rotatable bonds is 1. The van der Waals surface area contributed by atoms with Gasteiger partial charge in [-0.2, -0.15) is 0 Å². The first kappa shape index (κ1) is 12.0.